The van der Waals surface area contributed by atoms with E-state index in [1.165, 1.54) is 19.2 Å². The van der Waals surface area contributed by atoms with E-state index in [9.17, 15) is 18.5 Å². The molecule has 88 valence electrons. The van der Waals surface area contributed by atoms with E-state index in [0.29, 0.717) is 0 Å². The lowest BCUT2D eigenvalue weighted by molar-refractivity contribution is -0.384. The molecular formula is C8H9NO6S. The van der Waals surface area contributed by atoms with Gasteiger partial charge >= 0.3 is 10.1 Å². The van der Waals surface area contributed by atoms with Crippen molar-refractivity contribution in [1.29, 1.82) is 0 Å². The quantitative estimate of drug-likeness (QED) is 0.446. The highest BCUT2D eigenvalue weighted by Gasteiger charge is 2.15. The molecule has 0 fully saturated rings. The fourth-order valence-electron chi connectivity index (χ4n) is 1.01. The minimum absolute atomic E-state index is 0.107. The molecule has 0 heterocycles. The molecule has 0 saturated carbocycles. The molecule has 0 radical (unpaired) electrons. The van der Waals surface area contributed by atoms with E-state index in [1.54, 1.807) is 0 Å². The molecule has 0 amide bonds. The molecule has 0 N–H and O–H groups in total. The topological polar surface area (TPSA) is 95.7 Å². The maximum atomic E-state index is 10.9. The third kappa shape index (κ3) is 3.09. The van der Waals surface area contributed by atoms with Crippen molar-refractivity contribution in [3.8, 4) is 11.5 Å². The van der Waals surface area contributed by atoms with Crippen molar-refractivity contribution in [1.82, 2.24) is 0 Å². The van der Waals surface area contributed by atoms with E-state index in [-0.39, 0.29) is 17.2 Å². The first-order valence-electron chi connectivity index (χ1n) is 4.05. The summed E-state index contributed by atoms with van der Waals surface area (Å²) in [5.74, 6) is -0.102. The summed E-state index contributed by atoms with van der Waals surface area (Å²) in [6, 6.07) is 3.44. The molecule has 1 rings (SSSR count). The smallest absolute Gasteiger partial charge is 0.306 e. The summed E-state index contributed by atoms with van der Waals surface area (Å²) in [4.78, 5) is 9.82. The zero-order valence-corrected chi connectivity index (χ0v) is 9.35. The second-order valence-corrected chi connectivity index (χ2v) is 4.45. The Bertz CT molecular complexity index is 509. The van der Waals surface area contributed by atoms with Crippen molar-refractivity contribution in [3.05, 3.63) is 28.3 Å². The minimum atomic E-state index is -3.75. The fourth-order valence-corrected chi connectivity index (χ4v) is 1.46. The summed E-state index contributed by atoms with van der Waals surface area (Å²) in [6.07, 6.45) is 0.839. The molecule has 0 spiro atoms. The van der Waals surface area contributed by atoms with E-state index in [4.69, 9.17) is 4.74 Å². The molecule has 0 aliphatic rings. The van der Waals surface area contributed by atoms with Gasteiger partial charge in [-0.15, -0.1) is 0 Å². The number of rotatable bonds is 4. The number of hydrogen-bond acceptors (Lipinski definition) is 6. The number of ether oxygens (including phenoxy) is 1. The molecule has 16 heavy (non-hydrogen) atoms. The minimum Gasteiger partial charge on any atom is -0.493 e. The van der Waals surface area contributed by atoms with Gasteiger partial charge in [-0.05, 0) is 6.07 Å². The molecule has 1 aromatic carbocycles. The first-order valence-corrected chi connectivity index (χ1v) is 5.87. The number of hydrogen-bond donors (Lipinski definition) is 0. The number of benzene rings is 1. The van der Waals surface area contributed by atoms with Gasteiger partial charge < -0.3 is 8.92 Å². The van der Waals surface area contributed by atoms with Crippen LogP contribution < -0.4 is 8.92 Å². The Morgan fingerprint density at radius 3 is 2.38 bits per heavy atom. The monoisotopic (exact) mass is 247 g/mol. The summed E-state index contributed by atoms with van der Waals surface area (Å²) >= 11 is 0. The van der Waals surface area contributed by atoms with Crippen LogP contribution in [0.2, 0.25) is 0 Å². The molecule has 0 unspecified atom stereocenters. The van der Waals surface area contributed by atoms with Gasteiger partial charge in [0.25, 0.3) is 5.69 Å². The zero-order chi connectivity index (χ0) is 12.3. The molecule has 1 aromatic rings. The second kappa shape index (κ2) is 4.35. The van der Waals surface area contributed by atoms with Gasteiger partial charge in [-0.3, -0.25) is 10.1 Å². The van der Waals surface area contributed by atoms with Crippen molar-refractivity contribution in [2.24, 2.45) is 0 Å². The highest BCUT2D eigenvalue weighted by Crippen LogP contribution is 2.31. The first-order chi connectivity index (χ1) is 7.33. The average molecular weight is 247 g/mol. The first kappa shape index (κ1) is 12.2. The van der Waals surface area contributed by atoms with Gasteiger partial charge in [0.05, 0.1) is 24.4 Å². The lowest BCUT2D eigenvalue weighted by Gasteiger charge is -2.07. The van der Waals surface area contributed by atoms with Gasteiger partial charge in [-0.1, -0.05) is 0 Å². The molecule has 0 bridgehead atoms. The molecule has 0 atom stereocenters. The van der Waals surface area contributed by atoms with Crippen LogP contribution in [0.5, 0.6) is 11.5 Å². The molecule has 8 heteroatoms. The number of methoxy groups -OCH3 is 1. The number of nitrogens with zero attached hydrogens (tertiary/aromatic N) is 1. The molecular weight excluding hydrogens is 238 g/mol. The number of nitro groups is 1. The highest BCUT2D eigenvalue weighted by molar-refractivity contribution is 7.86. The maximum Gasteiger partial charge on any atom is 0.306 e. The van der Waals surface area contributed by atoms with Crippen LogP contribution in [0.3, 0.4) is 0 Å². The van der Waals surface area contributed by atoms with E-state index in [2.05, 4.69) is 4.18 Å². The maximum absolute atomic E-state index is 10.9. The molecule has 7 nitrogen and oxygen atoms in total. The van der Waals surface area contributed by atoms with Crippen molar-refractivity contribution >= 4 is 15.8 Å². The standard InChI is InChI=1S/C8H9NO6S/c1-14-7-4-3-6(9(10)11)5-8(7)15-16(2,12)13/h3-5H,1-2H3. The van der Waals surface area contributed by atoms with Crippen LogP contribution in [-0.4, -0.2) is 26.7 Å². The largest absolute Gasteiger partial charge is 0.493 e. The third-order valence-electron chi connectivity index (χ3n) is 1.60. The Kier molecular flexibility index (Phi) is 3.33. The molecule has 0 aliphatic carbocycles. The third-order valence-corrected chi connectivity index (χ3v) is 2.08. The predicted molar refractivity (Wildman–Crippen MR) is 55.1 cm³/mol. The van der Waals surface area contributed by atoms with Crippen LogP contribution in [0, 0.1) is 10.1 Å². The van der Waals surface area contributed by atoms with Crippen LogP contribution in [0.4, 0.5) is 5.69 Å². The van der Waals surface area contributed by atoms with Gasteiger partial charge in [0.1, 0.15) is 0 Å². The Morgan fingerprint density at radius 2 is 1.94 bits per heavy atom. The summed E-state index contributed by atoms with van der Waals surface area (Å²) in [5, 5.41) is 10.5. The Balaban J connectivity index is 3.22. The molecule has 0 aromatic heterocycles. The summed E-state index contributed by atoms with van der Waals surface area (Å²) in [6.45, 7) is 0. The lowest BCUT2D eigenvalue weighted by Crippen LogP contribution is -2.07. The Labute approximate surface area is 91.9 Å². The van der Waals surface area contributed by atoms with Crippen molar-refractivity contribution in [2.45, 2.75) is 0 Å². The fraction of sp³-hybridized carbons (Fsp3) is 0.250. The Hall–Kier alpha value is -1.83. The lowest BCUT2D eigenvalue weighted by atomic mass is 10.3. The van der Waals surface area contributed by atoms with Crippen LogP contribution >= 0.6 is 0 Å². The van der Waals surface area contributed by atoms with Crippen LogP contribution in [-0.2, 0) is 10.1 Å². The van der Waals surface area contributed by atoms with Crippen LogP contribution in [0.1, 0.15) is 0 Å². The predicted octanol–water partition coefficient (Wildman–Crippen LogP) is 0.942. The second-order valence-electron chi connectivity index (χ2n) is 2.88. The number of non-ortho nitro benzene ring substituents is 1. The average Bonchev–Trinajstić information content (AvgIpc) is 2.15. The summed E-state index contributed by atoms with van der Waals surface area (Å²) in [7, 11) is -2.45. The van der Waals surface area contributed by atoms with Crippen molar-refractivity contribution in [2.75, 3.05) is 13.4 Å². The van der Waals surface area contributed by atoms with Gasteiger partial charge in [0.2, 0.25) is 0 Å². The molecule has 0 aliphatic heterocycles. The van der Waals surface area contributed by atoms with Crippen molar-refractivity contribution in [3.63, 3.8) is 0 Å². The van der Waals surface area contributed by atoms with Crippen LogP contribution in [0.25, 0.3) is 0 Å². The highest BCUT2D eigenvalue weighted by atomic mass is 32.2. The van der Waals surface area contributed by atoms with Gasteiger partial charge in [-0.25, -0.2) is 0 Å². The number of nitro benzene ring substituents is 1. The van der Waals surface area contributed by atoms with E-state index >= 15 is 0 Å². The van der Waals surface area contributed by atoms with Gasteiger partial charge in [0, 0.05) is 6.07 Å². The van der Waals surface area contributed by atoms with E-state index in [1.807, 2.05) is 0 Å². The normalized spacial score (nSPS) is 10.9. The van der Waals surface area contributed by atoms with E-state index < -0.39 is 15.0 Å². The van der Waals surface area contributed by atoms with E-state index in [0.717, 1.165) is 12.3 Å². The van der Waals surface area contributed by atoms with Crippen molar-refractivity contribution < 1.29 is 22.3 Å². The molecule has 0 saturated heterocycles. The summed E-state index contributed by atoms with van der Waals surface area (Å²) in [5.41, 5.74) is -0.278. The van der Waals surface area contributed by atoms with Gasteiger partial charge in [0.15, 0.2) is 11.5 Å². The zero-order valence-electron chi connectivity index (χ0n) is 8.54. The Morgan fingerprint density at radius 1 is 1.31 bits per heavy atom. The SMILES string of the molecule is COc1ccc([N+](=O)[O-])cc1OS(C)(=O)=O. The van der Waals surface area contributed by atoms with Crippen LogP contribution in [0.15, 0.2) is 18.2 Å². The van der Waals surface area contributed by atoms with Gasteiger partial charge in [-0.2, -0.15) is 8.42 Å². The summed E-state index contributed by atoms with van der Waals surface area (Å²) < 4.78 is 31.2.